The predicted octanol–water partition coefficient (Wildman–Crippen LogP) is 3.89. The SMILES string of the molecule is CCC(C#N)(CC)C(F)(F)[C@@](C)(C#N)CC. The minimum atomic E-state index is -3.30. The van der Waals surface area contributed by atoms with E-state index in [1.54, 1.807) is 32.9 Å². The lowest BCUT2D eigenvalue weighted by Gasteiger charge is -2.41. The third-order valence-corrected chi connectivity index (χ3v) is 3.67. The van der Waals surface area contributed by atoms with E-state index >= 15 is 0 Å². The number of rotatable bonds is 5. The summed E-state index contributed by atoms with van der Waals surface area (Å²) in [5.41, 5.74) is -3.53. The molecule has 16 heavy (non-hydrogen) atoms. The van der Waals surface area contributed by atoms with Gasteiger partial charge in [-0.05, 0) is 26.2 Å². The molecule has 0 aromatic rings. The topological polar surface area (TPSA) is 47.6 Å². The molecular formula is C12H18F2N2. The smallest absolute Gasteiger partial charge is 0.203 e. The zero-order valence-corrected chi connectivity index (χ0v) is 10.3. The fourth-order valence-electron chi connectivity index (χ4n) is 1.82. The van der Waals surface area contributed by atoms with Crippen molar-refractivity contribution in [1.29, 1.82) is 10.5 Å². The van der Waals surface area contributed by atoms with E-state index in [-0.39, 0.29) is 19.3 Å². The van der Waals surface area contributed by atoms with Crippen LogP contribution in [0, 0.1) is 33.5 Å². The highest BCUT2D eigenvalue weighted by atomic mass is 19.3. The molecule has 4 heteroatoms. The number of nitrogens with zero attached hydrogens (tertiary/aromatic N) is 2. The van der Waals surface area contributed by atoms with Crippen molar-refractivity contribution in [2.24, 2.45) is 10.8 Å². The summed E-state index contributed by atoms with van der Waals surface area (Å²) in [4.78, 5) is 0. The molecule has 0 N–H and O–H groups in total. The Hall–Kier alpha value is -1.16. The lowest BCUT2D eigenvalue weighted by Crippen LogP contribution is -2.50. The van der Waals surface area contributed by atoms with Gasteiger partial charge in [-0.3, -0.25) is 0 Å². The van der Waals surface area contributed by atoms with Gasteiger partial charge in [-0.15, -0.1) is 0 Å². The second kappa shape index (κ2) is 4.78. The number of hydrogen-bond acceptors (Lipinski definition) is 2. The van der Waals surface area contributed by atoms with Gasteiger partial charge in [0.15, 0.2) is 0 Å². The van der Waals surface area contributed by atoms with Crippen LogP contribution in [0.5, 0.6) is 0 Å². The third kappa shape index (κ3) is 1.78. The lowest BCUT2D eigenvalue weighted by atomic mass is 9.65. The van der Waals surface area contributed by atoms with Gasteiger partial charge in [0.05, 0.1) is 12.1 Å². The molecule has 0 saturated carbocycles. The number of nitriles is 2. The molecule has 0 fully saturated rings. The Morgan fingerprint density at radius 1 is 0.938 bits per heavy atom. The second-order valence-electron chi connectivity index (χ2n) is 4.27. The number of halogens is 2. The Kier molecular flexibility index (Phi) is 4.44. The molecule has 0 bridgehead atoms. The van der Waals surface area contributed by atoms with Crippen LogP contribution in [-0.4, -0.2) is 5.92 Å². The minimum absolute atomic E-state index is 0.0277. The van der Waals surface area contributed by atoms with E-state index < -0.39 is 16.8 Å². The lowest BCUT2D eigenvalue weighted by molar-refractivity contribution is -0.166. The molecule has 0 aliphatic rings. The van der Waals surface area contributed by atoms with Crippen LogP contribution >= 0.6 is 0 Å². The van der Waals surface area contributed by atoms with Crippen LogP contribution in [0.4, 0.5) is 8.78 Å². The van der Waals surface area contributed by atoms with Crippen LogP contribution in [0.2, 0.25) is 0 Å². The van der Waals surface area contributed by atoms with E-state index in [9.17, 15) is 8.78 Å². The Balaban J connectivity index is 5.67. The standard InChI is InChI=1S/C12H18F2N2/c1-5-10(4,8-15)12(13,14)11(6-2,7-3)9-16/h5-7H2,1-4H3/t10-/m1/s1. The van der Waals surface area contributed by atoms with Crippen molar-refractivity contribution in [3.8, 4) is 12.1 Å². The van der Waals surface area contributed by atoms with E-state index in [4.69, 9.17) is 10.5 Å². The molecule has 0 aromatic carbocycles. The summed E-state index contributed by atoms with van der Waals surface area (Å²) in [5, 5.41) is 18.0. The Morgan fingerprint density at radius 3 is 1.56 bits per heavy atom. The maximum absolute atomic E-state index is 14.3. The van der Waals surface area contributed by atoms with Crippen molar-refractivity contribution in [1.82, 2.24) is 0 Å². The van der Waals surface area contributed by atoms with E-state index in [0.29, 0.717) is 0 Å². The first-order valence-electron chi connectivity index (χ1n) is 5.51. The predicted molar refractivity (Wildman–Crippen MR) is 57.6 cm³/mol. The maximum atomic E-state index is 14.3. The van der Waals surface area contributed by atoms with Gasteiger partial charge in [-0.2, -0.15) is 10.5 Å². The third-order valence-electron chi connectivity index (χ3n) is 3.67. The normalized spacial score (nSPS) is 16.0. The van der Waals surface area contributed by atoms with Crippen LogP contribution in [0.1, 0.15) is 47.0 Å². The summed E-state index contributed by atoms with van der Waals surface area (Å²) in [6.45, 7) is 5.90. The average Bonchev–Trinajstić information content (AvgIpc) is 2.30. The summed E-state index contributed by atoms with van der Waals surface area (Å²) < 4.78 is 28.7. The van der Waals surface area contributed by atoms with Gasteiger partial charge >= 0.3 is 0 Å². The molecule has 0 radical (unpaired) electrons. The Morgan fingerprint density at radius 2 is 1.38 bits per heavy atom. The largest absolute Gasteiger partial charge is 0.284 e. The quantitative estimate of drug-likeness (QED) is 0.716. The first-order chi connectivity index (χ1) is 7.30. The van der Waals surface area contributed by atoms with Gasteiger partial charge in [0.1, 0.15) is 10.8 Å². The van der Waals surface area contributed by atoms with E-state index in [1.807, 2.05) is 0 Å². The van der Waals surface area contributed by atoms with Crippen molar-refractivity contribution >= 4 is 0 Å². The molecule has 0 rings (SSSR count). The zero-order valence-electron chi connectivity index (χ0n) is 10.3. The van der Waals surface area contributed by atoms with Gasteiger partial charge in [0.2, 0.25) is 0 Å². The highest BCUT2D eigenvalue weighted by molar-refractivity contribution is 5.17. The van der Waals surface area contributed by atoms with Crippen molar-refractivity contribution in [2.45, 2.75) is 52.9 Å². The van der Waals surface area contributed by atoms with Crippen molar-refractivity contribution < 1.29 is 8.78 Å². The monoisotopic (exact) mass is 228 g/mol. The molecule has 0 aliphatic heterocycles. The summed E-state index contributed by atoms with van der Waals surface area (Å²) >= 11 is 0. The van der Waals surface area contributed by atoms with Crippen LogP contribution in [-0.2, 0) is 0 Å². The number of hydrogen-bond donors (Lipinski definition) is 0. The average molecular weight is 228 g/mol. The molecule has 0 spiro atoms. The molecular weight excluding hydrogens is 210 g/mol. The highest BCUT2D eigenvalue weighted by Crippen LogP contribution is 2.53. The van der Waals surface area contributed by atoms with E-state index in [2.05, 4.69) is 0 Å². The van der Waals surface area contributed by atoms with Crippen LogP contribution in [0.3, 0.4) is 0 Å². The molecule has 0 unspecified atom stereocenters. The molecule has 0 aromatic heterocycles. The highest BCUT2D eigenvalue weighted by Gasteiger charge is 2.62. The van der Waals surface area contributed by atoms with Crippen molar-refractivity contribution in [3.63, 3.8) is 0 Å². The van der Waals surface area contributed by atoms with Gasteiger partial charge in [0.25, 0.3) is 5.92 Å². The molecule has 0 aliphatic carbocycles. The van der Waals surface area contributed by atoms with Crippen LogP contribution in [0.25, 0.3) is 0 Å². The summed E-state index contributed by atoms with van der Waals surface area (Å²) in [7, 11) is 0. The zero-order chi connectivity index (χ0) is 13.0. The van der Waals surface area contributed by atoms with Crippen molar-refractivity contribution in [3.05, 3.63) is 0 Å². The summed E-state index contributed by atoms with van der Waals surface area (Å²) in [6, 6.07) is 3.40. The Labute approximate surface area is 95.9 Å². The van der Waals surface area contributed by atoms with Gasteiger partial charge in [0, 0.05) is 0 Å². The van der Waals surface area contributed by atoms with Gasteiger partial charge in [-0.1, -0.05) is 20.8 Å². The molecule has 1 atom stereocenters. The van der Waals surface area contributed by atoms with Crippen LogP contribution in [0.15, 0.2) is 0 Å². The molecule has 90 valence electrons. The fourth-order valence-corrected chi connectivity index (χ4v) is 1.82. The number of alkyl halides is 2. The Bertz CT molecular complexity index is 321. The van der Waals surface area contributed by atoms with Gasteiger partial charge in [-0.25, -0.2) is 8.78 Å². The first kappa shape index (κ1) is 14.8. The summed E-state index contributed by atoms with van der Waals surface area (Å²) in [5.74, 6) is -3.30. The van der Waals surface area contributed by atoms with E-state index in [0.717, 1.165) is 0 Å². The first-order valence-corrected chi connectivity index (χ1v) is 5.51. The molecule has 2 nitrogen and oxygen atoms in total. The maximum Gasteiger partial charge on any atom is 0.284 e. The van der Waals surface area contributed by atoms with Crippen LogP contribution < -0.4 is 0 Å². The van der Waals surface area contributed by atoms with E-state index in [1.165, 1.54) is 6.92 Å². The molecule has 0 saturated heterocycles. The van der Waals surface area contributed by atoms with Crippen molar-refractivity contribution in [2.75, 3.05) is 0 Å². The molecule has 0 amide bonds. The van der Waals surface area contributed by atoms with Gasteiger partial charge < -0.3 is 0 Å². The minimum Gasteiger partial charge on any atom is -0.203 e. The fraction of sp³-hybridized carbons (Fsp3) is 0.833. The summed E-state index contributed by atoms with van der Waals surface area (Å²) in [6.07, 6.45) is 0.120. The molecule has 0 heterocycles. The second-order valence-corrected chi connectivity index (χ2v) is 4.27.